The zero-order valence-corrected chi connectivity index (χ0v) is 16.9. The van der Waals surface area contributed by atoms with Crippen molar-refractivity contribution >= 4 is 31.5 Å². The summed E-state index contributed by atoms with van der Waals surface area (Å²) in [6, 6.07) is 6.18. The van der Waals surface area contributed by atoms with Gasteiger partial charge >= 0.3 is 0 Å². The minimum absolute atomic E-state index is 0.0430. The number of rotatable bonds is 8. The van der Waals surface area contributed by atoms with Crippen LogP contribution in [0.5, 0.6) is 0 Å². The van der Waals surface area contributed by atoms with Gasteiger partial charge in [0.1, 0.15) is 17.6 Å². The average molecular weight is 422 g/mol. The Bertz CT molecular complexity index is 982. The van der Waals surface area contributed by atoms with Crippen LogP contribution in [0.2, 0.25) is 5.02 Å². The predicted octanol–water partition coefficient (Wildman–Crippen LogP) is 2.56. The lowest BCUT2D eigenvalue weighted by molar-refractivity contribution is 0.166. The van der Waals surface area contributed by atoms with Gasteiger partial charge in [-0.15, -0.1) is 0 Å². The molecule has 0 amide bonds. The first-order valence-corrected chi connectivity index (χ1v) is 11.4. The largest absolute Gasteiger partial charge is 0.464 e. The maximum atomic E-state index is 12.7. The third-order valence-electron chi connectivity index (χ3n) is 3.62. The number of benzene rings is 1. The molecule has 0 bridgehead atoms. The van der Waals surface area contributed by atoms with Crippen LogP contribution in [0.15, 0.2) is 44.5 Å². The summed E-state index contributed by atoms with van der Waals surface area (Å²) in [5.41, 5.74) is 0. The summed E-state index contributed by atoms with van der Waals surface area (Å²) >= 11 is 5.87. The van der Waals surface area contributed by atoms with Gasteiger partial charge in [-0.05, 0) is 30.3 Å². The van der Waals surface area contributed by atoms with Crippen LogP contribution in [0.3, 0.4) is 0 Å². The highest BCUT2D eigenvalue weighted by atomic mass is 35.5. The topological polar surface area (TPSA) is 103 Å². The highest BCUT2D eigenvalue weighted by Gasteiger charge is 2.25. The standard InChI is InChI=1S/C16H20ClNO6S2/c1-4-11-5-8-15(24-11)14(10-23-2)18-26(21,22)12-6-7-13(17)16(9-12)25(3,19)20/h5-9,14,18H,4,10H2,1-3H3/t14-/m0/s1. The maximum Gasteiger partial charge on any atom is 0.241 e. The normalized spacial score (nSPS) is 13.7. The minimum Gasteiger partial charge on any atom is -0.464 e. The first-order valence-electron chi connectivity index (χ1n) is 7.68. The van der Waals surface area contributed by atoms with E-state index >= 15 is 0 Å². The summed E-state index contributed by atoms with van der Waals surface area (Å²) in [5, 5.41) is -0.0430. The molecule has 0 aliphatic heterocycles. The van der Waals surface area contributed by atoms with Crippen LogP contribution in [-0.2, 0) is 31.0 Å². The van der Waals surface area contributed by atoms with E-state index in [9.17, 15) is 16.8 Å². The lowest BCUT2D eigenvalue weighted by Gasteiger charge is -2.16. The molecule has 1 aromatic carbocycles. The number of hydrogen-bond acceptors (Lipinski definition) is 6. The third kappa shape index (κ3) is 4.86. The highest BCUT2D eigenvalue weighted by molar-refractivity contribution is 7.91. The van der Waals surface area contributed by atoms with E-state index in [2.05, 4.69) is 4.72 Å². The van der Waals surface area contributed by atoms with E-state index in [0.717, 1.165) is 12.3 Å². The second-order valence-electron chi connectivity index (χ2n) is 5.65. The van der Waals surface area contributed by atoms with E-state index in [-0.39, 0.29) is 21.4 Å². The smallest absolute Gasteiger partial charge is 0.241 e. The van der Waals surface area contributed by atoms with Gasteiger partial charge < -0.3 is 9.15 Å². The first-order chi connectivity index (χ1) is 12.1. The van der Waals surface area contributed by atoms with Gasteiger partial charge in [-0.1, -0.05) is 18.5 Å². The molecule has 0 aliphatic rings. The van der Waals surface area contributed by atoms with Crippen molar-refractivity contribution in [3.05, 3.63) is 46.9 Å². The monoisotopic (exact) mass is 421 g/mol. The molecule has 0 spiro atoms. The second kappa shape index (κ2) is 8.10. The zero-order valence-electron chi connectivity index (χ0n) is 14.5. The van der Waals surface area contributed by atoms with Crippen molar-refractivity contribution in [1.29, 1.82) is 0 Å². The van der Waals surface area contributed by atoms with Gasteiger partial charge in [0, 0.05) is 19.8 Å². The number of aryl methyl sites for hydroxylation is 1. The fourth-order valence-electron chi connectivity index (χ4n) is 2.30. The molecule has 1 aromatic heterocycles. The fourth-order valence-corrected chi connectivity index (χ4v) is 4.89. The van der Waals surface area contributed by atoms with Crippen molar-refractivity contribution in [2.75, 3.05) is 20.0 Å². The van der Waals surface area contributed by atoms with Crippen molar-refractivity contribution in [2.24, 2.45) is 0 Å². The van der Waals surface area contributed by atoms with Gasteiger partial charge in [0.05, 0.1) is 21.4 Å². The number of ether oxygens (including phenoxy) is 1. The van der Waals surface area contributed by atoms with Crippen LogP contribution in [0.25, 0.3) is 0 Å². The van der Waals surface area contributed by atoms with Crippen LogP contribution in [0.1, 0.15) is 24.5 Å². The van der Waals surface area contributed by atoms with Crippen LogP contribution in [0, 0.1) is 0 Å². The quantitative estimate of drug-likeness (QED) is 0.702. The van der Waals surface area contributed by atoms with Crippen LogP contribution >= 0.6 is 11.6 Å². The SMILES string of the molecule is CCc1ccc([C@H](COC)NS(=O)(=O)c2ccc(Cl)c(S(C)(=O)=O)c2)o1. The molecule has 0 saturated heterocycles. The predicted molar refractivity (Wildman–Crippen MR) is 97.6 cm³/mol. The summed E-state index contributed by atoms with van der Waals surface area (Å²) < 4.78 is 62.1. The molecule has 2 aromatic rings. The third-order valence-corrected chi connectivity index (χ3v) is 6.67. The Morgan fingerprint density at radius 1 is 1.19 bits per heavy atom. The summed E-state index contributed by atoms with van der Waals surface area (Å²) in [6.45, 7) is 1.96. The van der Waals surface area contributed by atoms with E-state index in [4.69, 9.17) is 20.8 Å². The Morgan fingerprint density at radius 3 is 2.42 bits per heavy atom. The maximum absolute atomic E-state index is 12.7. The molecule has 10 heteroatoms. The minimum atomic E-state index is -4.04. The van der Waals surface area contributed by atoms with E-state index < -0.39 is 25.9 Å². The van der Waals surface area contributed by atoms with Crippen molar-refractivity contribution in [3.63, 3.8) is 0 Å². The Morgan fingerprint density at radius 2 is 1.88 bits per heavy atom. The highest BCUT2D eigenvalue weighted by Crippen LogP contribution is 2.26. The zero-order chi connectivity index (χ0) is 19.5. The Labute approximate surface area is 158 Å². The van der Waals surface area contributed by atoms with E-state index in [1.54, 1.807) is 12.1 Å². The van der Waals surface area contributed by atoms with Gasteiger partial charge in [0.25, 0.3) is 0 Å². The Kier molecular flexibility index (Phi) is 6.51. The van der Waals surface area contributed by atoms with Crippen LogP contribution in [-0.4, -0.2) is 36.8 Å². The number of sulfone groups is 1. The van der Waals surface area contributed by atoms with Crippen LogP contribution in [0.4, 0.5) is 0 Å². The van der Waals surface area contributed by atoms with Gasteiger partial charge in [-0.2, -0.15) is 4.72 Å². The number of halogens is 1. The summed E-state index contributed by atoms with van der Waals surface area (Å²) in [4.78, 5) is -0.470. The molecule has 1 atom stereocenters. The first kappa shape index (κ1) is 20.9. The number of methoxy groups -OCH3 is 1. The van der Waals surface area contributed by atoms with Gasteiger partial charge in [-0.25, -0.2) is 16.8 Å². The number of nitrogens with one attached hydrogen (secondary N) is 1. The van der Waals surface area contributed by atoms with Gasteiger partial charge in [0.15, 0.2) is 9.84 Å². The van der Waals surface area contributed by atoms with Crippen molar-refractivity contribution in [3.8, 4) is 0 Å². The van der Waals surface area contributed by atoms with Crippen LogP contribution < -0.4 is 4.72 Å². The average Bonchev–Trinajstić information content (AvgIpc) is 3.02. The molecule has 0 radical (unpaired) electrons. The molecular weight excluding hydrogens is 402 g/mol. The van der Waals surface area contributed by atoms with Crippen molar-refractivity contribution in [1.82, 2.24) is 4.72 Å². The number of hydrogen-bond donors (Lipinski definition) is 1. The summed E-state index contributed by atoms with van der Waals surface area (Å²) in [5.74, 6) is 1.12. The molecule has 0 saturated carbocycles. The molecule has 1 N–H and O–H groups in total. The molecule has 0 unspecified atom stereocenters. The lowest BCUT2D eigenvalue weighted by atomic mass is 10.2. The van der Waals surface area contributed by atoms with Crippen molar-refractivity contribution < 1.29 is 26.0 Å². The van der Waals surface area contributed by atoms with Crippen molar-refractivity contribution in [2.45, 2.75) is 29.2 Å². The Balaban J connectivity index is 2.39. The molecule has 0 fully saturated rings. The molecule has 2 rings (SSSR count). The lowest BCUT2D eigenvalue weighted by Crippen LogP contribution is -2.31. The molecule has 26 heavy (non-hydrogen) atoms. The molecule has 7 nitrogen and oxygen atoms in total. The van der Waals surface area contributed by atoms with E-state index in [0.29, 0.717) is 17.9 Å². The van der Waals surface area contributed by atoms with Gasteiger partial charge in [-0.3, -0.25) is 0 Å². The Hall–Kier alpha value is -1.39. The molecule has 0 aliphatic carbocycles. The summed E-state index contributed by atoms with van der Waals surface area (Å²) in [7, 11) is -6.27. The second-order valence-corrected chi connectivity index (χ2v) is 9.76. The molecule has 144 valence electrons. The fraction of sp³-hybridized carbons (Fsp3) is 0.375. The van der Waals surface area contributed by atoms with E-state index in [1.807, 2.05) is 6.92 Å². The number of furan rings is 1. The van der Waals surface area contributed by atoms with Gasteiger partial charge in [0.2, 0.25) is 10.0 Å². The number of sulfonamides is 1. The van der Waals surface area contributed by atoms with E-state index in [1.165, 1.54) is 19.2 Å². The molecular formula is C16H20ClNO6S2. The molecule has 1 heterocycles. The summed E-state index contributed by atoms with van der Waals surface area (Å²) in [6.07, 6.45) is 1.63.